The first kappa shape index (κ1) is 18.4. The molecule has 0 saturated carbocycles. The van der Waals surface area contributed by atoms with E-state index in [9.17, 15) is 14.0 Å². The zero-order valence-electron chi connectivity index (χ0n) is 14.1. The molecule has 2 aromatic rings. The molecular weight excluding hydrogens is 325 g/mol. The number of ether oxygens (including phenoxy) is 2. The van der Waals surface area contributed by atoms with Gasteiger partial charge in [-0.2, -0.15) is 0 Å². The summed E-state index contributed by atoms with van der Waals surface area (Å²) in [6.07, 6.45) is -0.179. The van der Waals surface area contributed by atoms with Gasteiger partial charge in [-0.15, -0.1) is 0 Å². The van der Waals surface area contributed by atoms with Gasteiger partial charge in [0, 0.05) is 0 Å². The fourth-order valence-corrected chi connectivity index (χ4v) is 1.99. The minimum absolute atomic E-state index is 0.0350. The standard InChI is InChI=1S/C19H20FNO4/c1-3-12-24-15-10-8-14(9-11-15)19(23)25-13(2)18(22)21-17-7-5-4-6-16(17)20/h4-11,13H,3,12H2,1-2H3,(H,21,22)/t13-/m0/s1. The van der Waals surface area contributed by atoms with E-state index in [4.69, 9.17) is 9.47 Å². The van der Waals surface area contributed by atoms with Gasteiger partial charge in [0.15, 0.2) is 6.10 Å². The third-order valence-electron chi connectivity index (χ3n) is 3.35. The molecule has 25 heavy (non-hydrogen) atoms. The van der Waals surface area contributed by atoms with Gasteiger partial charge in [-0.3, -0.25) is 4.79 Å². The van der Waals surface area contributed by atoms with E-state index in [1.807, 2.05) is 6.92 Å². The molecule has 0 unspecified atom stereocenters. The van der Waals surface area contributed by atoms with Gasteiger partial charge in [0.05, 0.1) is 17.9 Å². The maximum atomic E-state index is 13.5. The number of hydrogen-bond acceptors (Lipinski definition) is 4. The summed E-state index contributed by atoms with van der Waals surface area (Å²) in [6.45, 7) is 4.02. The van der Waals surface area contributed by atoms with Crippen molar-refractivity contribution >= 4 is 17.6 Å². The van der Waals surface area contributed by atoms with Crippen molar-refractivity contribution in [3.05, 3.63) is 59.9 Å². The Labute approximate surface area is 145 Å². The highest BCUT2D eigenvalue weighted by Crippen LogP contribution is 2.15. The quantitative estimate of drug-likeness (QED) is 0.775. The van der Waals surface area contributed by atoms with E-state index in [0.29, 0.717) is 17.9 Å². The van der Waals surface area contributed by atoms with E-state index in [1.165, 1.54) is 25.1 Å². The zero-order valence-corrected chi connectivity index (χ0v) is 14.1. The van der Waals surface area contributed by atoms with Gasteiger partial charge in [-0.05, 0) is 49.7 Å². The predicted octanol–water partition coefficient (Wildman–Crippen LogP) is 3.80. The van der Waals surface area contributed by atoms with Crippen molar-refractivity contribution in [2.75, 3.05) is 11.9 Å². The van der Waals surface area contributed by atoms with Crippen molar-refractivity contribution in [3.63, 3.8) is 0 Å². The van der Waals surface area contributed by atoms with E-state index in [-0.39, 0.29) is 5.69 Å². The molecule has 0 spiro atoms. The van der Waals surface area contributed by atoms with Crippen LogP contribution in [0.5, 0.6) is 5.75 Å². The second-order valence-electron chi connectivity index (χ2n) is 5.39. The van der Waals surface area contributed by atoms with Gasteiger partial charge in [-0.25, -0.2) is 9.18 Å². The second-order valence-corrected chi connectivity index (χ2v) is 5.39. The first-order valence-electron chi connectivity index (χ1n) is 8.00. The molecule has 0 aliphatic heterocycles. The van der Waals surface area contributed by atoms with E-state index >= 15 is 0 Å². The number of carbonyl (C=O) groups is 2. The fourth-order valence-electron chi connectivity index (χ4n) is 1.99. The number of esters is 1. The smallest absolute Gasteiger partial charge is 0.338 e. The number of nitrogens with one attached hydrogen (secondary N) is 1. The maximum absolute atomic E-state index is 13.5. The lowest BCUT2D eigenvalue weighted by Crippen LogP contribution is -2.30. The topological polar surface area (TPSA) is 64.6 Å². The summed E-state index contributed by atoms with van der Waals surface area (Å²) in [5.74, 6) is -1.15. The highest BCUT2D eigenvalue weighted by molar-refractivity contribution is 5.97. The molecule has 6 heteroatoms. The fraction of sp³-hybridized carbons (Fsp3) is 0.263. The van der Waals surface area contributed by atoms with Crippen LogP contribution in [0.4, 0.5) is 10.1 Å². The molecule has 0 bridgehead atoms. The lowest BCUT2D eigenvalue weighted by molar-refractivity contribution is -0.123. The summed E-state index contributed by atoms with van der Waals surface area (Å²) in [5, 5.41) is 2.39. The molecule has 1 atom stereocenters. The van der Waals surface area contributed by atoms with Crippen LogP contribution in [0.25, 0.3) is 0 Å². The summed E-state index contributed by atoms with van der Waals surface area (Å²) in [4.78, 5) is 24.1. The van der Waals surface area contributed by atoms with E-state index < -0.39 is 23.8 Å². The van der Waals surface area contributed by atoms with Crippen molar-refractivity contribution in [1.29, 1.82) is 0 Å². The van der Waals surface area contributed by atoms with Crippen LogP contribution < -0.4 is 10.1 Å². The van der Waals surface area contributed by atoms with Crippen LogP contribution in [0.15, 0.2) is 48.5 Å². The van der Waals surface area contributed by atoms with Crippen LogP contribution in [0.3, 0.4) is 0 Å². The number of halogens is 1. The second kappa shape index (κ2) is 8.82. The number of para-hydroxylation sites is 1. The minimum atomic E-state index is -1.07. The number of carbonyl (C=O) groups excluding carboxylic acids is 2. The molecule has 0 fully saturated rings. The predicted molar refractivity (Wildman–Crippen MR) is 92.1 cm³/mol. The number of benzene rings is 2. The van der Waals surface area contributed by atoms with E-state index in [2.05, 4.69) is 5.32 Å². The highest BCUT2D eigenvalue weighted by atomic mass is 19.1. The van der Waals surface area contributed by atoms with Crippen molar-refractivity contribution in [2.24, 2.45) is 0 Å². The summed E-state index contributed by atoms with van der Waals surface area (Å²) in [5.41, 5.74) is 0.335. The van der Waals surface area contributed by atoms with Crippen LogP contribution in [-0.4, -0.2) is 24.6 Å². The Kier molecular flexibility index (Phi) is 6.51. The van der Waals surface area contributed by atoms with Gasteiger partial charge in [-0.1, -0.05) is 19.1 Å². The third kappa shape index (κ3) is 5.31. The maximum Gasteiger partial charge on any atom is 0.338 e. The molecule has 0 aromatic heterocycles. The summed E-state index contributed by atoms with van der Waals surface area (Å²) in [6, 6.07) is 12.2. The first-order chi connectivity index (χ1) is 12.0. The Balaban J connectivity index is 1.92. The number of amides is 1. The molecule has 132 valence electrons. The lowest BCUT2D eigenvalue weighted by Gasteiger charge is -2.14. The Hall–Kier alpha value is -2.89. The molecule has 0 aliphatic carbocycles. The Morgan fingerprint density at radius 1 is 1.12 bits per heavy atom. The highest BCUT2D eigenvalue weighted by Gasteiger charge is 2.20. The van der Waals surface area contributed by atoms with Crippen LogP contribution >= 0.6 is 0 Å². The molecule has 0 heterocycles. The minimum Gasteiger partial charge on any atom is -0.494 e. The van der Waals surface area contributed by atoms with Crippen molar-refractivity contribution in [1.82, 2.24) is 0 Å². The molecule has 0 aliphatic rings. The van der Waals surface area contributed by atoms with Crippen LogP contribution in [0.2, 0.25) is 0 Å². The normalized spacial score (nSPS) is 11.5. The number of anilines is 1. The average molecular weight is 345 g/mol. The van der Waals surface area contributed by atoms with Gasteiger partial charge in [0.1, 0.15) is 11.6 Å². The Morgan fingerprint density at radius 2 is 1.80 bits per heavy atom. The molecule has 1 N–H and O–H groups in total. The molecule has 0 radical (unpaired) electrons. The SMILES string of the molecule is CCCOc1ccc(C(=O)O[C@@H](C)C(=O)Nc2ccccc2F)cc1. The van der Waals surface area contributed by atoms with Gasteiger partial charge < -0.3 is 14.8 Å². The first-order valence-corrected chi connectivity index (χ1v) is 8.00. The van der Waals surface area contributed by atoms with E-state index in [1.54, 1.807) is 30.3 Å². The Morgan fingerprint density at radius 3 is 2.44 bits per heavy atom. The monoisotopic (exact) mass is 345 g/mol. The molecule has 0 saturated heterocycles. The van der Waals surface area contributed by atoms with Crippen LogP contribution in [0.1, 0.15) is 30.6 Å². The average Bonchev–Trinajstić information content (AvgIpc) is 2.62. The van der Waals surface area contributed by atoms with Crippen molar-refractivity contribution in [3.8, 4) is 5.75 Å². The largest absolute Gasteiger partial charge is 0.494 e. The molecule has 5 nitrogen and oxygen atoms in total. The van der Waals surface area contributed by atoms with Gasteiger partial charge >= 0.3 is 5.97 Å². The van der Waals surface area contributed by atoms with Gasteiger partial charge in [0.25, 0.3) is 5.91 Å². The van der Waals surface area contributed by atoms with E-state index in [0.717, 1.165) is 6.42 Å². The van der Waals surface area contributed by atoms with Crippen LogP contribution in [-0.2, 0) is 9.53 Å². The van der Waals surface area contributed by atoms with Crippen molar-refractivity contribution in [2.45, 2.75) is 26.4 Å². The van der Waals surface area contributed by atoms with Crippen molar-refractivity contribution < 1.29 is 23.5 Å². The third-order valence-corrected chi connectivity index (χ3v) is 3.35. The molecule has 2 aromatic carbocycles. The summed E-state index contributed by atoms with van der Waals surface area (Å²) >= 11 is 0. The summed E-state index contributed by atoms with van der Waals surface area (Å²) in [7, 11) is 0. The van der Waals surface area contributed by atoms with Crippen LogP contribution in [0, 0.1) is 5.82 Å². The lowest BCUT2D eigenvalue weighted by atomic mass is 10.2. The zero-order chi connectivity index (χ0) is 18.2. The number of rotatable bonds is 7. The number of hydrogen-bond donors (Lipinski definition) is 1. The molecule has 2 rings (SSSR count). The molecule has 1 amide bonds. The molecular formula is C19H20FNO4. The summed E-state index contributed by atoms with van der Waals surface area (Å²) < 4.78 is 24.1. The van der Waals surface area contributed by atoms with Gasteiger partial charge in [0.2, 0.25) is 0 Å². The Bertz CT molecular complexity index is 730.